The van der Waals surface area contributed by atoms with E-state index in [1.54, 1.807) is 7.11 Å². The first-order chi connectivity index (χ1) is 16.0. The number of methoxy groups -OCH3 is 1. The van der Waals surface area contributed by atoms with Crippen LogP contribution in [0.4, 0.5) is 0 Å². The Morgan fingerprint density at radius 2 is 1.88 bits per heavy atom. The zero-order valence-corrected chi connectivity index (χ0v) is 19.6. The molecule has 0 radical (unpaired) electrons. The summed E-state index contributed by atoms with van der Waals surface area (Å²) in [6.07, 6.45) is 1.89. The Labute approximate surface area is 195 Å². The van der Waals surface area contributed by atoms with Gasteiger partial charge in [-0.1, -0.05) is 18.2 Å². The van der Waals surface area contributed by atoms with E-state index in [1.807, 2.05) is 73.1 Å². The molecule has 2 heterocycles. The fraction of sp³-hybridized carbons (Fsp3) is 0.423. The van der Waals surface area contributed by atoms with Crippen molar-refractivity contribution in [2.24, 2.45) is 0 Å². The maximum atomic E-state index is 10.1. The summed E-state index contributed by atoms with van der Waals surface area (Å²) in [5.74, 6) is 2.15. The van der Waals surface area contributed by atoms with Gasteiger partial charge in [0.1, 0.15) is 11.5 Å². The van der Waals surface area contributed by atoms with E-state index in [-0.39, 0.29) is 6.10 Å². The van der Waals surface area contributed by atoms with E-state index >= 15 is 0 Å². The largest absolute Gasteiger partial charge is 0.497 e. The summed E-state index contributed by atoms with van der Waals surface area (Å²) < 4.78 is 19.4. The van der Waals surface area contributed by atoms with Crippen LogP contribution < -0.4 is 9.47 Å². The van der Waals surface area contributed by atoms with Crippen molar-refractivity contribution in [1.82, 2.24) is 14.7 Å². The quantitative estimate of drug-likeness (QED) is 0.494. The molecule has 7 heteroatoms. The lowest BCUT2D eigenvalue weighted by molar-refractivity contribution is 0.0500. The van der Waals surface area contributed by atoms with Crippen LogP contribution in [0.5, 0.6) is 17.4 Å². The summed E-state index contributed by atoms with van der Waals surface area (Å²) in [6.45, 7) is 6.55. The maximum absolute atomic E-state index is 10.1. The second-order valence-corrected chi connectivity index (χ2v) is 8.57. The minimum atomic E-state index is -0.443. The van der Waals surface area contributed by atoms with Gasteiger partial charge in [-0.25, -0.2) is 4.68 Å². The number of aryl methyl sites for hydroxylation is 1. The molecule has 3 aromatic rings. The third-order valence-electron chi connectivity index (χ3n) is 5.80. The average molecular weight is 452 g/mol. The van der Waals surface area contributed by atoms with E-state index in [0.717, 1.165) is 48.7 Å². The number of nitrogens with zero attached hydrogens (tertiary/aromatic N) is 3. The monoisotopic (exact) mass is 451 g/mol. The predicted molar refractivity (Wildman–Crippen MR) is 127 cm³/mol. The molecular weight excluding hydrogens is 418 g/mol. The van der Waals surface area contributed by atoms with E-state index < -0.39 is 6.10 Å². The van der Waals surface area contributed by atoms with Gasteiger partial charge in [0.05, 0.1) is 36.3 Å². The van der Waals surface area contributed by atoms with E-state index in [1.165, 1.54) is 0 Å². The van der Waals surface area contributed by atoms with Crippen molar-refractivity contribution in [3.8, 4) is 23.1 Å². The van der Waals surface area contributed by atoms with E-state index in [4.69, 9.17) is 19.3 Å². The van der Waals surface area contributed by atoms with Gasteiger partial charge in [-0.3, -0.25) is 4.90 Å². The highest BCUT2D eigenvalue weighted by atomic mass is 16.5. The fourth-order valence-electron chi connectivity index (χ4n) is 4.20. The Balaban J connectivity index is 1.68. The highest BCUT2D eigenvalue weighted by Crippen LogP contribution is 2.32. The summed E-state index contributed by atoms with van der Waals surface area (Å²) in [5, 5.41) is 15.0. The SMILES string of the molecule is COc1ccc(Oc2c(CN(C[C@@H]3CCCO3)C[C@@H](C)O)c(C)nn2-c2ccccc2)cc1. The summed E-state index contributed by atoms with van der Waals surface area (Å²) in [7, 11) is 1.65. The average Bonchev–Trinajstić information content (AvgIpc) is 3.43. The number of hydrogen-bond donors (Lipinski definition) is 1. The lowest BCUT2D eigenvalue weighted by atomic mass is 10.1. The van der Waals surface area contributed by atoms with Crippen LogP contribution in [0.2, 0.25) is 0 Å². The number of rotatable bonds is 10. The van der Waals surface area contributed by atoms with Crippen molar-refractivity contribution >= 4 is 0 Å². The molecule has 0 bridgehead atoms. The van der Waals surface area contributed by atoms with Gasteiger partial charge in [0.15, 0.2) is 0 Å². The van der Waals surface area contributed by atoms with Gasteiger partial charge in [0.25, 0.3) is 0 Å². The number of para-hydroxylation sites is 1. The van der Waals surface area contributed by atoms with Gasteiger partial charge >= 0.3 is 0 Å². The summed E-state index contributed by atoms with van der Waals surface area (Å²) in [6, 6.07) is 17.5. The molecule has 7 nitrogen and oxygen atoms in total. The smallest absolute Gasteiger partial charge is 0.227 e. The van der Waals surface area contributed by atoms with Crippen molar-refractivity contribution in [3.05, 3.63) is 65.9 Å². The summed E-state index contributed by atoms with van der Waals surface area (Å²) in [5.41, 5.74) is 2.81. The van der Waals surface area contributed by atoms with E-state index in [9.17, 15) is 5.11 Å². The van der Waals surface area contributed by atoms with Crippen LogP contribution in [0.3, 0.4) is 0 Å². The zero-order valence-electron chi connectivity index (χ0n) is 19.6. The van der Waals surface area contributed by atoms with Crippen molar-refractivity contribution < 1.29 is 19.3 Å². The number of aliphatic hydroxyl groups excluding tert-OH is 1. The molecule has 4 rings (SSSR count). The Morgan fingerprint density at radius 1 is 1.15 bits per heavy atom. The maximum Gasteiger partial charge on any atom is 0.227 e. The molecule has 176 valence electrons. The number of benzene rings is 2. The Bertz CT molecular complexity index is 1010. The zero-order chi connectivity index (χ0) is 23.2. The minimum absolute atomic E-state index is 0.194. The van der Waals surface area contributed by atoms with Gasteiger partial charge < -0.3 is 19.3 Å². The third kappa shape index (κ3) is 5.93. The molecule has 1 aromatic heterocycles. The van der Waals surface area contributed by atoms with Gasteiger partial charge in [-0.15, -0.1) is 0 Å². The molecule has 2 atom stereocenters. The normalized spacial score (nSPS) is 16.8. The first kappa shape index (κ1) is 23.3. The van der Waals surface area contributed by atoms with Gasteiger partial charge in [-0.05, 0) is 63.1 Å². The van der Waals surface area contributed by atoms with Crippen LogP contribution in [0.15, 0.2) is 54.6 Å². The number of aromatic nitrogens is 2. The van der Waals surface area contributed by atoms with Crippen LogP contribution in [0, 0.1) is 6.92 Å². The van der Waals surface area contributed by atoms with Crippen molar-refractivity contribution in [2.45, 2.75) is 45.4 Å². The van der Waals surface area contributed by atoms with Gasteiger partial charge in [0.2, 0.25) is 5.88 Å². The second kappa shape index (κ2) is 10.8. The summed E-state index contributed by atoms with van der Waals surface area (Å²) in [4.78, 5) is 2.24. The van der Waals surface area contributed by atoms with Gasteiger partial charge in [-0.2, -0.15) is 5.10 Å². The summed E-state index contributed by atoms with van der Waals surface area (Å²) >= 11 is 0. The number of ether oxygens (including phenoxy) is 3. The van der Waals surface area contributed by atoms with E-state index in [0.29, 0.717) is 24.7 Å². The topological polar surface area (TPSA) is 69.0 Å². The molecule has 0 aliphatic carbocycles. The Kier molecular flexibility index (Phi) is 7.65. The molecule has 0 amide bonds. The van der Waals surface area contributed by atoms with Gasteiger partial charge in [0, 0.05) is 26.2 Å². The van der Waals surface area contributed by atoms with Crippen molar-refractivity contribution in [1.29, 1.82) is 0 Å². The molecule has 1 saturated heterocycles. The Hall–Kier alpha value is -2.87. The second-order valence-electron chi connectivity index (χ2n) is 8.57. The van der Waals surface area contributed by atoms with Crippen LogP contribution in [0.1, 0.15) is 31.0 Å². The first-order valence-electron chi connectivity index (χ1n) is 11.5. The molecule has 1 aliphatic heterocycles. The number of hydrogen-bond acceptors (Lipinski definition) is 6. The Morgan fingerprint density at radius 3 is 2.52 bits per heavy atom. The molecule has 1 fully saturated rings. The highest BCUT2D eigenvalue weighted by Gasteiger charge is 2.25. The highest BCUT2D eigenvalue weighted by molar-refractivity contribution is 5.44. The molecular formula is C26H33N3O4. The predicted octanol–water partition coefficient (Wildman–Crippen LogP) is 4.34. The minimum Gasteiger partial charge on any atom is -0.497 e. The molecule has 1 N–H and O–H groups in total. The molecule has 0 unspecified atom stereocenters. The molecule has 0 saturated carbocycles. The van der Waals surface area contributed by atoms with Crippen LogP contribution >= 0.6 is 0 Å². The molecule has 33 heavy (non-hydrogen) atoms. The number of aliphatic hydroxyl groups is 1. The third-order valence-corrected chi connectivity index (χ3v) is 5.80. The molecule has 0 spiro atoms. The van der Waals surface area contributed by atoms with Crippen LogP contribution in [0.25, 0.3) is 5.69 Å². The fourth-order valence-corrected chi connectivity index (χ4v) is 4.20. The lowest BCUT2D eigenvalue weighted by Crippen LogP contribution is -2.36. The first-order valence-corrected chi connectivity index (χ1v) is 11.5. The van der Waals surface area contributed by atoms with E-state index in [2.05, 4.69) is 4.90 Å². The van der Waals surface area contributed by atoms with Crippen LogP contribution in [-0.4, -0.2) is 58.8 Å². The van der Waals surface area contributed by atoms with Crippen LogP contribution in [-0.2, 0) is 11.3 Å². The lowest BCUT2D eigenvalue weighted by Gasteiger charge is -2.26. The van der Waals surface area contributed by atoms with Crippen molar-refractivity contribution in [2.75, 3.05) is 26.8 Å². The van der Waals surface area contributed by atoms with Crippen molar-refractivity contribution in [3.63, 3.8) is 0 Å². The molecule has 2 aromatic carbocycles. The standard InChI is InChI=1S/C26H33N3O4/c1-19(30)16-28(17-24-10-7-15-32-24)18-25-20(2)27-29(21-8-5-4-6-9-21)26(25)33-23-13-11-22(31-3)12-14-23/h4-6,8-9,11-14,19,24,30H,7,10,15-18H2,1-3H3/t19-,24+/m1/s1. The molecule has 1 aliphatic rings.